The summed E-state index contributed by atoms with van der Waals surface area (Å²) in [5, 5.41) is 20.2. The topological polar surface area (TPSA) is 205 Å². The van der Waals surface area contributed by atoms with Gasteiger partial charge >= 0.3 is 117 Å². The monoisotopic (exact) mass is 1560 g/mol. The van der Waals surface area contributed by atoms with Crippen LogP contribution in [0.2, 0.25) is 208 Å². The molecule has 93 heavy (non-hydrogen) atoms. The molecule has 534 valence electrons. The first-order chi connectivity index (χ1) is 41.6. The third-order valence-corrected chi connectivity index (χ3v) is 72.3. The molecule has 0 aliphatic rings. The molecule has 0 atom stereocenters. The third kappa shape index (κ3) is 34.5. The summed E-state index contributed by atoms with van der Waals surface area (Å²) in [5.41, 5.74) is 4.78. The molecule has 0 spiro atoms. The van der Waals surface area contributed by atoms with Crippen molar-refractivity contribution in [1.82, 2.24) is 0 Å². The standard InChI is InChI=1S/C59H124O19Si15/c1-51-37-39-54(40-38-51)49-59(62)64-57-44-42-52(47-55(57)50-60)35-33-45-79(3,4)65-81(7,8)67-83(11,12)69-85(15,16)71-87(19,20)73-89(23,24)75-91(27,28)77-93(31,32)78-92(29,30)76-90(25,26)74-88(21,22)72-86(17,18)70-84(13,14)68-82(9,10)66-80(5,6)46-34-36-53-41-43-56(61)58(48-53)63-2/h37-44,47-48,60-61H,33-36,45-46,49-50H2,1-32H3. The molecule has 34 heteroatoms. The first-order valence-electron chi connectivity index (χ1n) is 32.8. The first-order valence-corrected chi connectivity index (χ1v) is 75.6. The number of aliphatic hydroxyl groups is 1. The van der Waals surface area contributed by atoms with E-state index in [9.17, 15) is 15.0 Å². The van der Waals surface area contributed by atoms with E-state index in [0.29, 0.717) is 17.1 Å². The Hall–Kier alpha value is -0.617. The van der Waals surface area contributed by atoms with Gasteiger partial charge in [-0.05, 0) is 282 Å². The molecule has 0 fully saturated rings. The number of rotatable bonds is 41. The van der Waals surface area contributed by atoms with Crippen LogP contribution in [-0.4, -0.2) is 151 Å². The number of phenolic OH excluding ortho intramolecular Hbond substituents is 1. The Morgan fingerprint density at radius 2 is 0.624 bits per heavy atom. The average Bonchev–Trinajstić information content (AvgIpc) is 0.809. The van der Waals surface area contributed by atoms with Crippen molar-refractivity contribution in [3.63, 3.8) is 0 Å². The molecule has 0 amide bonds. The summed E-state index contributed by atoms with van der Waals surface area (Å²) in [6.07, 6.45) is 3.67. The molecule has 2 N–H and O–H groups in total. The molecule has 0 unspecified atom stereocenters. The second kappa shape index (κ2) is 33.0. The molecule has 0 radical (unpaired) electrons. The Morgan fingerprint density at radius 1 is 0.355 bits per heavy atom. The second-order valence-electron chi connectivity index (χ2n) is 31.6. The van der Waals surface area contributed by atoms with Crippen LogP contribution >= 0.6 is 0 Å². The van der Waals surface area contributed by atoms with E-state index < -0.39 is 128 Å². The number of benzene rings is 3. The fourth-order valence-electron chi connectivity index (χ4n) is 13.2. The highest BCUT2D eigenvalue weighted by Crippen LogP contribution is 2.35. The molecule has 0 bridgehead atoms. The molecule has 3 rings (SSSR count). The van der Waals surface area contributed by atoms with Crippen LogP contribution in [0.5, 0.6) is 17.2 Å². The van der Waals surface area contributed by atoms with Crippen LogP contribution in [-0.2, 0) is 88.3 Å². The minimum absolute atomic E-state index is 0.144. The number of aliphatic hydroxyl groups excluding tert-OH is 1. The number of esters is 1. The Bertz CT molecular complexity index is 2890. The summed E-state index contributed by atoms with van der Waals surface area (Å²) in [6, 6.07) is 20.9. The predicted octanol–water partition coefficient (Wildman–Crippen LogP) is 16.7. The van der Waals surface area contributed by atoms with Crippen LogP contribution in [0.4, 0.5) is 0 Å². The minimum atomic E-state index is -2.88. The van der Waals surface area contributed by atoms with Crippen molar-refractivity contribution in [2.45, 2.75) is 254 Å². The van der Waals surface area contributed by atoms with Crippen molar-refractivity contribution in [3.8, 4) is 17.2 Å². The van der Waals surface area contributed by atoms with Gasteiger partial charge in [-0.15, -0.1) is 0 Å². The summed E-state index contributed by atoms with van der Waals surface area (Å²) in [5.74, 6) is 0.652. The van der Waals surface area contributed by atoms with Crippen molar-refractivity contribution in [2.75, 3.05) is 7.11 Å². The van der Waals surface area contributed by atoms with Crippen LogP contribution in [0.15, 0.2) is 60.7 Å². The number of hydrogen-bond acceptors (Lipinski definition) is 19. The quantitative estimate of drug-likeness (QED) is 0.0308. The van der Waals surface area contributed by atoms with Gasteiger partial charge in [-0.25, -0.2) is 0 Å². The summed E-state index contributed by atoms with van der Waals surface area (Å²) < 4.78 is 108. The van der Waals surface area contributed by atoms with Crippen LogP contribution in [0.3, 0.4) is 0 Å². The molecule has 0 aliphatic carbocycles. The van der Waals surface area contributed by atoms with Gasteiger partial charge < -0.3 is 77.3 Å². The van der Waals surface area contributed by atoms with Gasteiger partial charge in [-0.3, -0.25) is 4.79 Å². The van der Waals surface area contributed by atoms with Gasteiger partial charge in [0.2, 0.25) is 0 Å². The average molecular weight is 1560 g/mol. The lowest BCUT2D eigenvalue weighted by Crippen LogP contribution is -2.63. The maximum atomic E-state index is 12.8. The number of phenols is 1. The van der Waals surface area contributed by atoms with Gasteiger partial charge in [0.15, 0.2) is 28.1 Å². The zero-order chi connectivity index (χ0) is 71.7. The highest BCUT2D eigenvalue weighted by molar-refractivity contribution is 6.95. The Labute approximate surface area is 578 Å². The summed E-state index contributed by atoms with van der Waals surface area (Å²) >= 11 is 0. The molecular formula is C59H124O19Si15. The number of carbonyl (C=O) groups excluding carboxylic acids is 1. The minimum Gasteiger partial charge on any atom is -0.504 e. The maximum Gasteiger partial charge on any atom is 0.315 e. The molecule has 0 aromatic heterocycles. The smallest absolute Gasteiger partial charge is 0.315 e. The van der Waals surface area contributed by atoms with E-state index in [-0.39, 0.29) is 24.7 Å². The summed E-state index contributed by atoms with van der Waals surface area (Å²) in [7, 11) is -39.3. The van der Waals surface area contributed by atoms with Gasteiger partial charge in [0.25, 0.3) is 0 Å². The Balaban J connectivity index is 1.52. The number of carbonyl (C=O) groups is 1. The predicted molar refractivity (Wildman–Crippen MR) is 411 cm³/mol. The summed E-state index contributed by atoms with van der Waals surface area (Å²) in [4.78, 5) is 12.8. The molecule has 3 aromatic carbocycles. The fourth-order valence-corrected chi connectivity index (χ4v) is 90.5. The van der Waals surface area contributed by atoms with Crippen molar-refractivity contribution >= 4 is 134 Å². The zero-order valence-electron chi connectivity index (χ0n) is 63.3. The van der Waals surface area contributed by atoms with Crippen molar-refractivity contribution in [2.24, 2.45) is 0 Å². The van der Waals surface area contributed by atoms with Crippen LogP contribution in [0, 0.1) is 6.92 Å². The van der Waals surface area contributed by atoms with Gasteiger partial charge in [-0.2, -0.15) is 0 Å². The first kappa shape index (κ1) is 86.6. The lowest BCUT2D eigenvalue weighted by Gasteiger charge is -2.45. The number of aryl methyl sites for hydroxylation is 3. The zero-order valence-corrected chi connectivity index (χ0v) is 78.3. The van der Waals surface area contributed by atoms with Gasteiger partial charge in [0.1, 0.15) is 5.75 Å². The van der Waals surface area contributed by atoms with E-state index in [2.05, 4.69) is 196 Å². The number of ether oxygens (including phenoxy) is 2. The molecule has 0 heterocycles. The fraction of sp³-hybridized carbons (Fsp3) is 0.678. The van der Waals surface area contributed by atoms with Gasteiger partial charge in [0.05, 0.1) is 20.1 Å². The number of aromatic hydroxyl groups is 1. The lowest BCUT2D eigenvalue weighted by molar-refractivity contribution is -0.133. The molecular weight excluding hydrogens is 1430 g/mol. The highest BCUT2D eigenvalue weighted by atomic mass is 28.5. The van der Waals surface area contributed by atoms with Crippen molar-refractivity contribution in [1.29, 1.82) is 0 Å². The van der Waals surface area contributed by atoms with E-state index in [4.69, 9.17) is 67.1 Å². The highest BCUT2D eigenvalue weighted by Gasteiger charge is 2.53. The van der Waals surface area contributed by atoms with E-state index >= 15 is 0 Å². The Kier molecular flexibility index (Phi) is 30.7. The SMILES string of the molecule is COc1cc(CCC[Si](C)(C)O[Si](C)(C)O[Si](C)(C)O[Si](C)(C)O[Si](C)(C)O[Si](C)(C)O[Si](C)(C)O[Si](C)(C)O[Si](C)(C)O[Si](C)(C)O[Si](C)(C)O[Si](C)(C)O[Si](C)(C)O[Si](C)(C)O[Si](C)(C)CCCc2ccc(OC(=O)Cc3ccc(C)cc3)c(CO)c2)ccc1O. The molecule has 19 nitrogen and oxygen atoms in total. The van der Waals surface area contributed by atoms with E-state index in [0.717, 1.165) is 60.0 Å². The van der Waals surface area contributed by atoms with Crippen molar-refractivity contribution < 1.29 is 82.1 Å². The van der Waals surface area contributed by atoms with E-state index in [1.807, 2.05) is 55.5 Å². The van der Waals surface area contributed by atoms with Gasteiger partial charge in [0, 0.05) is 5.56 Å². The van der Waals surface area contributed by atoms with Crippen molar-refractivity contribution in [3.05, 3.63) is 88.5 Å². The van der Waals surface area contributed by atoms with E-state index in [1.54, 1.807) is 19.2 Å². The Morgan fingerprint density at radius 3 is 0.914 bits per heavy atom. The second-order valence-corrected chi connectivity index (χ2v) is 87.5. The summed E-state index contributed by atoms with van der Waals surface area (Å²) in [6.45, 7) is 64.5. The van der Waals surface area contributed by atoms with E-state index in [1.165, 1.54) is 0 Å². The maximum absolute atomic E-state index is 12.8. The van der Waals surface area contributed by atoms with Crippen LogP contribution < -0.4 is 9.47 Å². The lowest BCUT2D eigenvalue weighted by atomic mass is 10.1. The van der Waals surface area contributed by atoms with Crippen LogP contribution in [0.1, 0.15) is 40.7 Å². The molecule has 0 saturated carbocycles. The molecule has 0 aliphatic heterocycles. The molecule has 0 saturated heterocycles. The number of methoxy groups -OCH3 is 1. The number of hydrogen-bond donors (Lipinski definition) is 2. The van der Waals surface area contributed by atoms with Crippen LogP contribution in [0.25, 0.3) is 0 Å². The molecule has 3 aromatic rings. The normalized spacial score (nSPS) is 14.5. The van der Waals surface area contributed by atoms with Gasteiger partial charge in [-0.1, -0.05) is 42.0 Å². The third-order valence-electron chi connectivity index (χ3n) is 13.7. The largest absolute Gasteiger partial charge is 0.504 e.